The normalized spacial score (nSPS) is 12.4. The summed E-state index contributed by atoms with van der Waals surface area (Å²) >= 11 is 5.98. The van der Waals surface area contributed by atoms with Gasteiger partial charge in [0.1, 0.15) is 0 Å². The highest BCUT2D eigenvalue weighted by molar-refractivity contribution is 6.30. The zero-order valence-corrected chi connectivity index (χ0v) is 12.2. The van der Waals surface area contributed by atoms with Gasteiger partial charge in [0.05, 0.1) is 0 Å². The molecule has 1 atom stereocenters. The van der Waals surface area contributed by atoms with Gasteiger partial charge in [0.15, 0.2) is 0 Å². The number of halogens is 1. The van der Waals surface area contributed by atoms with Crippen molar-refractivity contribution in [3.05, 3.63) is 70.2 Å². The third-order valence-corrected chi connectivity index (χ3v) is 3.62. The molecule has 2 heteroatoms. The second kappa shape index (κ2) is 6.74. The fourth-order valence-electron chi connectivity index (χ4n) is 2.08. The van der Waals surface area contributed by atoms with E-state index in [4.69, 9.17) is 11.6 Å². The summed E-state index contributed by atoms with van der Waals surface area (Å²) in [5.41, 5.74) is 3.91. The van der Waals surface area contributed by atoms with Gasteiger partial charge in [-0.2, -0.15) is 0 Å². The molecule has 0 aliphatic heterocycles. The van der Waals surface area contributed by atoms with Crippen molar-refractivity contribution in [2.24, 2.45) is 0 Å². The first-order valence-electron chi connectivity index (χ1n) is 6.75. The molecule has 0 saturated carbocycles. The van der Waals surface area contributed by atoms with Crippen LogP contribution in [0.15, 0.2) is 48.5 Å². The number of benzene rings is 2. The van der Waals surface area contributed by atoms with Crippen LogP contribution in [0, 0.1) is 0 Å². The SMILES string of the molecule is CCc1ccc(C(C)NCc2cccc(Cl)c2)cc1. The molecule has 100 valence electrons. The van der Waals surface area contributed by atoms with E-state index >= 15 is 0 Å². The van der Waals surface area contributed by atoms with E-state index in [2.05, 4.69) is 49.5 Å². The van der Waals surface area contributed by atoms with E-state index in [1.165, 1.54) is 16.7 Å². The Bertz CT molecular complexity index is 519. The van der Waals surface area contributed by atoms with Crippen LogP contribution in [0.4, 0.5) is 0 Å². The van der Waals surface area contributed by atoms with Crippen LogP contribution in [0.2, 0.25) is 5.02 Å². The highest BCUT2D eigenvalue weighted by Crippen LogP contribution is 2.16. The summed E-state index contributed by atoms with van der Waals surface area (Å²) in [7, 11) is 0. The van der Waals surface area contributed by atoms with Gasteiger partial charge < -0.3 is 5.32 Å². The first-order chi connectivity index (χ1) is 9.19. The molecule has 0 radical (unpaired) electrons. The van der Waals surface area contributed by atoms with Crippen LogP contribution in [-0.4, -0.2) is 0 Å². The number of nitrogens with one attached hydrogen (secondary N) is 1. The first kappa shape index (κ1) is 14.1. The summed E-state index contributed by atoms with van der Waals surface area (Å²) in [6, 6.07) is 17.1. The smallest absolute Gasteiger partial charge is 0.0409 e. The van der Waals surface area contributed by atoms with E-state index < -0.39 is 0 Å². The molecule has 1 N–H and O–H groups in total. The minimum absolute atomic E-state index is 0.338. The highest BCUT2D eigenvalue weighted by Gasteiger charge is 2.04. The molecule has 0 aliphatic carbocycles. The summed E-state index contributed by atoms with van der Waals surface area (Å²) in [5, 5.41) is 4.31. The number of hydrogen-bond acceptors (Lipinski definition) is 1. The maximum absolute atomic E-state index is 5.98. The van der Waals surface area contributed by atoms with Gasteiger partial charge in [-0.25, -0.2) is 0 Å². The molecule has 0 aliphatic rings. The van der Waals surface area contributed by atoms with Crippen molar-refractivity contribution in [2.45, 2.75) is 32.9 Å². The lowest BCUT2D eigenvalue weighted by Crippen LogP contribution is -2.18. The van der Waals surface area contributed by atoms with E-state index in [0.717, 1.165) is 18.0 Å². The van der Waals surface area contributed by atoms with Crippen molar-refractivity contribution >= 4 is 11.6 Å². The van der Waals surface area contributed by atoms with Gasteiger partial charge in [0.25, 0.3) is 0 Å². The van der Waals surface area contributed by atoms with Gasteiger partial charge in [-0.15, -0.1) is 0 Å². The van der Waals surface area contributed by atoms with Crippen LogP contribution < -0.4 is 5.32 Å². The molecule has 2 aromatic carbocycles. The van der Waals surface area contributed by atoms with Crippen molar-refractivity contribution < 1.29 is 0 Å². The Morgan fingerprint density at radius 2 is 1.79 bits per heavy atom. The lowest BCUT2D eigenvalue weighted by molar-refractivity contribution is 0.574. The monoisotopic (exact) mass is 273 g/mol. The lowest BCUT2D eigenvalue weighted by Gasteiger charge is -2.15. The van der Waals surface area contributed by atoms with E-state index in [1.54, 1.807) is 0 Å². The Hall–Kier alpha value is -1.31. The Balaban J connectivity index is 1.95. The molecule has 1 nitrogen and oxygen atoms in total. The fraction of sp³-hybridized carbons (Fsp3) is 0.294. The Labute approximate surface area is 120 Å². The molecular formula is C17H20ClN. The maximum atomic E-state index is 5.98. The molecule has 0 fully saturated rings. The molecule has 0 spiro atoms. The van der Waals surface area contributed by atoms with Crippen LogP contribution >= 0.6 is 11.6 Å². The standard InChI is InChI=1S/C17H20ClN/c1-3-14-7-9-16(10-8-14)13(2)19-12-15-5-4-6-17(18)11-15/h4-11,13,19H,3,12H2,1-2H3. The molecule has 0 heterocycles. The maximum Gasteiger partial charge on any atom is 0.0409 e. The van der Waals surface area contributed by atoms with Crippen LogP contribution in [-0.2, 0) is 13.0 Å². The van der Waals surface area contributed by atoms with Gasteiger partial charge in [-0.05, 0) is 42.2 Å². The van der Waals surface area contributed by atoms with Crippen molar-refractivity contribution in [2.75, 3.05) is 0 Å². The number of rotatable bonds is 5. The predicted octanol–water partition coefficient (Wildman–Crippen LogP) is 4.75. The molecule has 1 unspecified atom stereocenters. The van der Waals surface area contributed by atoms with E-state index in [1.807, 2.05) is 18.2 Å². The van der Waals surface area contributed by atoms with Gasteiger partial charge in [-0.3, -0.25) is 0 Å². The predicted molar refractivity (Wildman–Crippen MR) is 82.5 cm³/mol. The van der Waals surface area contributed by atoms with E-state index in [9.17, 15) is 0 Å². The molecule has 2 aromatic rings. The molecule has 0 aromatic heterocycles. The second-order valence-electron chi connectivity index (χ2n) is 4.83. The fourth-order valence-corrected chi connectivity index (χ4v) is 2.29. The van der Waals surface area contributed by atoms with Crippen molar-refractivity contribution in [3.63, 3.8) is 0 Å². The van der Waals surface area contributed by atoms with Crippen molar-refractivity contribution in [1.82, 2.24) is 5.32 Å². The molecule has 0 bridgehead atoms. The van der Waals surface area contributed by atoms with Gasteiger partial charge in [0, 0.05) is 17.6 Å². The number of aryl methyl sites for hydroxylation is 1. The summed E-state index contributed by atoms with van der Waals surface area (Å²) in [6.45, 7) is 5.19. The van der Waals surface area contributed by atoms with E-state index in [-0.39, 0.29) is 0 Å². The summed E-state index contributed by atoms with van der Waals surface area (Å²) in [5.74, 6) is 0. The van der Waals surface area contributed by atoms with Crippen LogP contribution in [0.1, 0.15) is 36.6 Å². The largest absolute Gasteiger partial charge is 0.306 e. The third-order valence-electron chi connectivity index (χ3n) is 3.39. The third kappa shape index (κ3) is 4.09. The molecule has 0 saturated heterocycles. The Morgan fingerprint density at radius 3 is 2.42 bits per heavy atom. The highest BCUT2D eigenvalue weighted by atomic mass is 35.5. The summed E-state index contributed by atoms with van der Waals surface area (Å²) < 4.78 is 0. The zero-order chi connectivity index (χ0) is 13.7. The van der Waals surface area contributed by atoms with Gasteiger partial charge in [-0.1, -0.05) is 54.9 Å². The molecular weight excluding hydrogens is 254 g/mol. The Morgan fingerprint density at radius 1 is 1.05 bits per heavy atom. The molecule has 19 heavy (non-hydrogen) atoms. The van der Waals surface area contributed by atoms with Crippen molar-refractivity contribution in [3.8, 4) is 0 Å². The van der Waals surface area contributed by atoms with Crippen LogP contribution in [0.5, 0.6) is 0 Å². The summed E-state index contributed by atoms with van der Waals surface area (Å²) in [6.07, 6.45) is 1.09. The first-order valence-corrected chi connectivity index (χ1v) is 7.13. The zero-order valence-electron chi connectivity index (χ0n) is 11.5. The number of hydrogen-bond donors (Lipinski definition) is 1. The minimum Gasteiger partial charge on any atom is -0.306 e. The quantitative estimate of drug-likeness (QED) is 0.829. The average Bonchev–Trinajstić information content (AvgIpc) is 2.45. The van der Waals surface area contributed by atoms with Gasteiger partial charge in [0.2, 0.25) is 0 Å². The van der Waals surface area contributed by atoms with Gasteiger partial charge >= 0.3 is 0 Å². The minimum atomic E-state index is 0.338. The molecule has 0 amide bonds. The lowest BCUT2D eigenvalue weighted by atomic mass is 10.0. The van der Waals surface area contributed by atoms with Crippen LogP contribution in [0.25, 0.3) is 0 Å². The molecule has 2 rings (SSSR count). The van der Waals surface area contributed by atoms with E-state index in [0.29, 0.717) is 6.04 Å². The topological polar surface area (TPSA) is 12.0 Å². The Kier molecular flexibility index (Phi) is 5.00. The van der Waals surface area contributed by atoms with Crippen molar-refractivity contribution in [1.29, 1.82) is 0 Å². The second-order valence-corrected chi connectivity index (χ2v) is 5.26. The summed E-state index contributed by atoms with van der Waals surface area (Å²) in [4.78, 5) is 0. The average molecular weight is 274 g/mol. The van der Waals surface area contributed by atoms with Crippen LogP contribution in [0.3, 0.4) is 0 Å².